The summed E-state index contributed by atoms with van der Waals surface area (Å²) in [5.74, 6) is 2.91. The summed E-state index contributed by atoms with van der Waals surface area (Å²) in [5, 5.41) is 3.00. The van der Waals surface area contributed by atoms with Crippen LogP contribution in [0.1, 0.15) is 36.5 Å². The summed E-state index contributed by atoms with van der Waals surface area (Å²) in [6.45, 7) is 8.06. The SMILES string of the molecule is CCCOc1ccc(/C=C/C(=O)NCC(c2ccc(C)o2)N2CCOCC2)cc1OC. The Morgan fingerprint density at radius 3 is 2.71 bits per heavy atom. The molecule has 3 rings (SSSR count). The van der Waals surface area contributed by atoms with E-state index < -0.39 is 0 Å². The van der Waals surface area contributed by atoms with Gasteiger partial charge < -0.3 is 23.9 Å². The molecule has 0 aliphatic carbocycles. The molecule has 7 nitrogen and oxygen atoms in total. The fourth-order valence-corrected chi connectivity index (χ4v) is 3.48. The summed E-state index contributed by atoms with van der Waals surface area (Å²) in [5.41, 5.74) is 0.863. The summed E-state index contributed by atoms with van der Waals surface area (Å²) in [4.78, 5) is 14.8. The summed E-state index contributed by atoms with van der Waals surface area (Å²) < 4.78 is 22.4. The highest BCUT2D eigenvalue weighted by atomic mass is 16.5. The molecule has 1 fully saturated rings. The van der Waals surface area contributed by atoms with Crippen molar-refractivity contribution in [2.75, 3.05) is 46.6 Å². The number of furan rings is 1. The van der Waals surface area contributed by atoms with Crippen molar-refractivity contribution in [3.8, 4) is 11.5 Å². The van der Waals surface area contributed by atoms with Gasteiger partial charge in [-0.3, -0.25) is 9.69 Å². The van der Waals surface area contributed by atoms with E-state index in [4.69, 9.17) is 18.6 Å². The molecule has 0 spiro atoms. The standard InChI is InChI=1S/C24H32N2O5/c1-4-13-30-22-9-6-19(16-23(22)28-3)7-10-24(27)25-17-20(21-8-5-18(2)31-21)26-11-14-29-15-12-26/h5-10,16,20H,4,11-15,17H2,1-3H3,(H,25,27)/b10-7+. The number of nitrogens with zero attached hydrogens (tertiary/aromatic N) is 1. The Balaban J connectivity index is 1.61. The highest BCUT2D eigenvalue weighted by molar-refractivity contribution is 5.91. The van der Waals surface area contributed by atoms with Gasteiger partial charge in [0.2, 0.25) is 5.91 Å². The van der Waals surface area contributed by atoms with E-state index in [0.717, 1.165) is 36.6 Å². The lowest BCUT2D eigenvalue weighted by Gasteiger charge is -2.33. The topological polar surface area (TPSA) is 73.2 Å². The number of rotatable bonds is 10. The number of aryl methyl sites for hydroxylation is 1. The van der Waals surface area contributed by atoms with Crippen LogP contribution in [0.15, 0.2) is 40.8 Å². The fraction of sp³-hybridized carbons (Fsp3) is 0.458. The van der Waals surface area contributed by atoms with Crippen molar-refractivity contribution in [2.45, 2.75) is 26.3 Å². The minimum absolute atomic E-state index is 0.0231. The maximum absolute atomic E-state index is 12.5. The Hall–Kier alpha value is -2.77. The van der Waals surface area contributed by atoms with Crippen molar-refractivity contribution in [1.82, 2.24) is 10.2 Å². The predicted octanol–water partition coefficient (Wildman–Crippen LogP) is 3.59. The van der Waals surface area contributed by atoms with Gasteiger partial charge in [-0.15, -0.1) is 0 Å². The molecule has 1 aliphatic rings. The van der Waals surface area contributed by atoms with Crippen LogP contribution in [0.3, 0.4) is 0 Å². The van der Waals surface area contributed by atoms with E-state index >= 15 is 0 Å². The molecule has 1 aromatic heterocycles. The van der Waals surface area contributed by atoms with Crippen molar-refractivity contribution >= 4 is 12.0 Å². The molecule has 0 radical (unpaired) electrons. The summed E-state index contributed by atoms with van der Waals surface area (Å²) in [7, 11) is 1.61. The van der Waals surface area contributed by atoms with Crippen LogP contribution in [0.5, 0.6) is 11.5 Å². The Morgan fingerprint density at radius 1 is 1.23 bits per heavy atom. The Labute approximate surface area is 184 Å². The average molecular weight is 429 g/mol. The van der Waals surface area contributed by atoms with Crippen LogP contribution in [0.25, 0.3) is 6.08 Å². The maximum atomic E-state index is 12.5. The van der Waals surface area contributed by atoms with Gasteiger partial charge in [0.25, 0.3) is 0 Å². The van der Waals surface area contributed by atoms with Gasteiger partial charge >= 0.3 is 0 Å². The highest BCUT2D eigenvalue weighted by Crippen LogP contribution is 2.28. The first-order valence-electron chi connectivity index (χ1n) is 10.8. The summed E-state index contributed by atoms with van der Waals surface area (Å²) in [6, 6.07) is 9.53. The summed E-state index contributed by atoms with van der Waals surface area (Å²) >= 11 is 0. The number of ether oxygens (including phenoxy) is 3. The highest BCUT2D eigenvalue weighted by Gasteiger charge is 2.25. The molecule has 1 N–H and O–H groups in total. The van der Waals surface area contributed by atoms with Crippen molar-refractivity contribution in [3.63, 3.8) is 0 Å². The van der Waals surface area contributed by atoms with Crippen LogP contribution >= 0.6 is 0 Å². The van der Waals surface area contributed by atoms with Gasteiger partial charge in [-0.1, -0.05) is 13.0 Å². The molecule has 1 unspecified atom stereocenters. The number of hydrogen-bond acceptors (Lipinski definition) is 6. The van der Waals surface area contributed by atoms with Crippen LogP contribution < -0.4 is 14.8 Å². The Kier molecular flexibility index (Phi) is 8.55. The maximum Gasteiger partial charge on any atom is 0.244 e. The van der Waals surface area contributed by atoms with E-state index in [9.17, 15) is 4.79 Å². The zero-order chi connectivity index (χ0) is 22.1. The second-order valence-electron chi connectivity index (χ2n) is 7.45. The normalized spacial score (nSPS) is 15.7. The lowest BCUT2D eigenvalue weighted by atomic mass is 10.1. The largest absolute Gasteiger partial charge is 0.493 e. The number of carbonyl (C=O) groups is 1. The minimum atomic E-state index is -0.160. The fourth-order valence-electron chi connectivity index (χ4n) is 3.48. The number of amides is 1. The molecule has 7 heteroatoms. The monoisotopic (exact) mass is 428 g/mol. The number of carbonyl (C=O) groups excluding carboxylic acids is 1. The third kappa shape index (κ3) is 6.60. The Morgan fingerprint density at radius 2 is 2.03 bits per heavy atom. The second kappa shape index (κ2) is 11.6. The number of morpholine rings is 1. The van der Waals surface area contributed by atoms with Gasteiger partial charge in [0.15, 0.2) is 11.5 Å². The van der Waals surface area contributed by atoms with Crippen molar-refractivity contribution in [2.24, 2.45) is 0 Å². The minimum Gasteiger partial charge on any atom is -0.493 e. The first-order valence-corrected chi connectivity index (χ1v) is 10.8. The quantitative estimate of drug-likeness (QED) is 0.583. The molecule has 31 heavy (non-hydrogen) atoms. The second-order valence-corrected chi connectivity index (χ2v) is 7.45. The van der Waals surface area contributed by atoms with Crippen LogP contribution in [0.4, 0.5) is 0 Å². The van der Waals surface area contributed by atoms with Gasteiger partial charge in [0.05, 0.1) is 33.0 Å². The van der Waals surface area contributed by atoms with Gasteiger partial charge in [-0.05, 0) is 49.2 Å². The lowest BCUT2D eigenvalue weighted by molar-refractivity contribution is -0.116. The van der Waals surface area contributed by atoms with Crippen molar-refractivity contribution in [3.05, 3.63) is 53.5 Å². The molecule has 168 valence electrons. The molecule has 0 bridgehead atoms. The van der Waals surface area contributed by atoms with E-state index in [2.05, 4.69) is 17.1 Å². The summed E-state index contributed by atoms with van der Waals surface area (Å²) in [6.07, 6.45) is 4.22. The van der Waals surface area contributed by atoms with Gasteiger partial charge in [0, 0.05) is 25.7 Å². The van der Waals surface area contributed by atoms with Crippen LogP contribution in [-0.2, 0) is 9.53 Å². The van der Waals surface area contributed by atoms with Crippen LogP contribution in [0, 0.1) is 6.92 Å². The van der Waals surface area contributed by atoms with E-state index in [-0.39, 0.29) is 11.9 Å². The number of methoxy groups -OCH3 is 1. The van der Waals surface area contributed by atoms with Gasteiger partial charge in [-0.2, -0.15) is 0 Å². The smallest absolute Gasteiger partial charge is 0.244 e. The molecular formula is C24H32N2O5. The van der Waals surface area contributed by atoms with Crippen LogP contribution in [0.2, 0.25) is 0 Å². The first-order chi connectivity index (χ1) is 15.1. The molecule has 1 atom stereocenters. The predicted molar refractivity (Wildman–Crippen MR) is 119 cm³/mol. The van der Waals surface area contributed by atoms with Crippen molar-refractivity contribution < 1.29 is 23.4 Å². The number of benzene rings is 1. The zero-order valence-corrected chi connectivity index (χ0v) is 18.6. The molecule has 1 amide bonds. The van der Waals surface area contributed by atoms with Crippen molar-refractivity contribution in [1.29, 1.82) is 0 Å². The molecule has 2 heterocycles. The zero-order valence-electron chi connectivity index (χ0n) is 18.6. The van der Waals surface area contributed by atoms with E-state index in [0.29, 0.717) is 37.9 Å². The van der Waals surface area contributed by atoms with E-state index in [1.165, 1.54) is 6.08 Å². The van der Waals surface area contributed by atoms with Gasteiger partial charge in [0.1, 0.15) is 11.5 Å². The third-order valence-corrected chi connectivity index (χ3v) is 5.12. The van der Waals surface area contributed by atoms with Gasteiger partial charge in [-0.25, -0.2) is 0 Å². The molecule has 1 saturated heterocycles. The number of nitrogens with one attached hydrogen (secondary N) is 1. The molecule has 1 aliphatic heterocycles. The third-order valence-electron chi connectivity index (χ3n) is 5.12. The molecular weight excluding hydrogens is 396 g/mol. The molecule has 0 saturated carbocycles. The van der Waals surface area contributed by atoms with E-state index in [1.807, 2.05) is 37.3 Å². The average Bonchev–Trinajstić information content (AvgIpc) is 3.23. The van der Waals surface area contributed by atoms with Crippen LogP contribution in [-0.4, -0.2) is 57.4 Å². The number of hydrogen-bond donors (Lipinski definition) is 1. The molecule has 2 aromatic rings. The first kappa shape index (κ1) is 22.9. The van der Waals surface area contributed by atoms with E-state index in [1.54, 1.807) is 13.2 Å². The lowest BCUT2D eigenvalue weighted by Crippen LogP contribution is -2.43. The Bertz CT molecular complexity index is 871. The molecule has 1 aromatic carbocycles.